The summed E-state index contributed by atoms with van der Waals surface area (Å²) in [5.74, 6) is 0.994. The fraction of sp³-hybridized carbons (Fsp3) is 0.433. The van der Waals surface area contributed by atoms with Crippen molar-refractivity contribution in [3.63, 3.8) is 0 Å². The van der Waals surface area contributed by atoms with Crippen LogP contribution in [0, 0.1) is 17.8 Å². The van der Waals surface area contributed by atoms with Crippen LogP contribution in [0.25, 0.3) is 0 Å². The van der Waals surface area contributed by atoms with E-state index in [1.165, 1.54) is 0 Å². The van der Waals surface area contributed by atoms with Crippen LogP contribution in [-0.4, -0.2) is 27.9 Å². The SMILES string of the molecule is CC1CC(N)(c2ccc(C3=NC4C(C=Nc5cc(C(C)(C)C)nn54)C=C3C3C=CC=CC3F)cc2)C1. The number of hydrogen-bond donors (Lipinski definition) is 1. The average molecular weight is 484 g/mol. The van der Waals surface area contributed by atoms with Gasteiger partial charge in [-0.25, -0.2) is 14.1 Å². The first-order chi connectivity index (χ1) is 17.1. The Morgan fingerprint density at radius 1 is 1.08 bits per heavy atom. The molecule has 1 saturated carbocycles. The molecule has 4 unspecified atom stereocenters. The summed E-state index contributed by atoms with van der Waals surface area (Å²) < 4.78 is 17.1. The molecule has 2 aliphatic heterocycles. The number of nitrogens with zero attached hydrogens (tertiary/aromatic N) is 4. The number of aromatic nitrogens is 2. The van der Waals surface area contributed by atoms with Gasteiger partial charge < -0.3 is 5.73 Å². The van der Waals surface area contributed by atoms with E-state index in [-0.39, 0.29) is 29.0 Å². The minimum Gasteiger partial charge on any atom is -0.321 e. The van der Waals surface area contributed by atoms with Crippen LogP contribution >= 0.6 is 0 Å². The summed E-state index contributed by atoms with van der Waals surface area (Å²) in [7, 11) is 0. The van der Waals surface area contributed by atoms with Gasteiger partial charge in [-0.15, -0.1) is 0 Å². The third-order valence-corrected chi connectivity index (χ3v) is 7.95. The summed E-state index contributed by atoms with van der Waals surface area (Å²) in [6.45, 7) is 8.69. The highest BCUT2D eigenvalue weighted by atomic mass is 19.1. The molecular formula is C30H34FN5. The zero-order valence-electron chi connectivity index (χ0n) is 21.4. The quantitative estimate of drug-likeness (QED) is 0.573. The molecule has 4 aliphatic rings. The van der Waals surface area contributed by atoms with Crippen molar-refractivity contribution in [1.82, 2.24) is 9.78 Å². The molecule has 3 heterocycles. The summed E-state index contributed by atoms with van der Waals surface area (Å²) in [4.78, 5) is 9.93. The Balaban J connectivity index is 1.42. The highest BCUT2D eigenvalue weighted by molar-refractivity contribution is 6.14. The second-order valence-electron chi connectivity index (χ2n) is 11.9. The zero-order chi connectivity index (χ0) is 25.2. The van der Waals surface area contributed by atoms with Crippen LogP contribution in [-0.2, 0) is 11.0 Å². The molecule has 0 spiro atoms. The van der Waals surface area contributed by atoms with Crippen LogP contribution < -0.4 is 5.73 Å². The van der Waals surface area contributed by atoms with Crippen molar-refractivity contribution in [2.45, 2.75) is 63.8 Å². The minimum absolute atomic E-state index is 0.0847. The van der Waals surface area contributed by atoms with Crippen molar-refractivity contribution >= 4 is 17.7 Å². The number of allylic oxidation sites excluding steroid dienone is 5. The summed E-state index contributed by atoms with van der Waals surface area (Å²) in [6, 6.07) is 10.5. The summed E-state index contributed by atoms with van der Waals surface area (Å²) in [5, 5.41) is 4.91. The fourth-order valence-corrected chi connectivity index (χ4v) is 5.95. The number of halogens is 1. The van der Waals surface area contributed by atoms with Gasteiger partial charge in [0.25, 0.3) is 0 Å². The summed E-state index contributed by atoms with van der Waals surface area (Å²) in [6.07, 6.45) is 12.0. The molecule has 0 radical (unpaired) electrons. The molecule has 5 nitrogen and oxygen atoms in total. The normalized spacial score (nSPS) is 32.9. The Morgan fingerprint density at radius 3 is 2.47 bits per heavy atom. The Morgan fingerprint density at radius 2 is 1.81 bits per heavy atom. The maximum atomic E-state index is 15.1. The number of dihydropyridines is 1. The van der Waals surface area contributed by atoms with E-state index in [1.807, 2.05) is 29.1 Å². The third kappa shape index (κ3) is 3.83. The molecule has 1 aromatic carbocycles. The predicted molar refractivity (Wildman–Crippen MR) is 144 cm³/mol. The maximum absolute atomic E-state index is 15.1. The smallest absolute Gasteiger partial charge is 0.155 e. The maximum Gasteiger partial charge on any atom is 0.155 e. The Labute approximate surface area is 212 Å². The highest BCUT2D eigenvalue weighted by Gasteiger charge is 2.40. The number of fused-ring (bicyclic) bond motifs is 3. The van der Waals surface area contributed by atoms with E-state index < -0.39 is 6.17 Å². The van der Waals surface area contributed by atoms with Crippen molar-refractivity contribution in [3.05, 3.63) is 83.1 Å². The molecule has 6 heteroatoms. The van der Waals surface area contributed by atoms with Crippen LogP contribution in [0.5, 0.6) is 0 Å². The Hall–Kier alpha value is -3.12. The summed E-state index contributed by atoms with van der Waals surface area (Å²) >= 11 is 0. The molecular weight excluding hydrogens is 449 g/mol. The third-order valence-electron chi connectivity index (χ3n) is 7.95. The second-order valence-corrected chi connectivity index (χ2v) is 11.9. The van der Waals surface area contributed by atoms with E-state index in [4.69, 9.17) is 20.8 Å². The van der Waals surface area contributed by atoms with E-state index in [1.54, 1.807) is 12.2 Å². The zero-order valence-corrected chi connectivity index (χ0v) is 21.4. The lowest BCUT2D eigenvalue weighted by Gasteiger charge is -2.44. The largest absolute Gasteiger partial charge is 0.321 e. The Bertz CT molecular complexity index is 1330. The molecule has 0 saturated heterocycles. The predicted octanol–water partition coefficient (Wildman–Crippen LogP) is 6.10. The van der Waals surface area contributed by atoms with Gasteiger partial charge >= 0.3 is 0 Å². The van der Waals surface area contributed by atoms with Crippen LogP contribution in [0.1, 0.15) is 63.5 Å². The molecule has 2 N–H and O–H groups in total. The average Bonchev–Trinajstić information content (AvgIpc) is 3.29. The lowest BCUT2D eigenvalue weighted by molar-refractivity contribution is 0.164. The van der Waals surface area contributed by atoms with Gasteiger partial charge in [0.15, 0.2) is 12.0 Å². The molecule has 1 aromatic heterocycles. The van der Waals surface area contributed by atoms with Crippen LogP contribution in [0.2, 0.25) is 0 Å². The molecule has 36 heavy (non-hydrogen) atoms. The van der Waals surface area contributed by atoms with Gasteiger partial charge in [-0.1, -0.05) is 76.3 Å². The van der Waals surface area contributed by atoms with Crippen LogP contribution in [0.15, 0.2) is 76.3 Å². The molecule has 6 rings (SSSR count). The number of aliphatic imine (C=N–C) groups is 2. The van der Waals surface area contributed by atoms with E-state index in [9.17, 15) is 0 Å². The number of rotatable bonds is 3. The molecule has 0 bridgehead atoms. The van der Waals surface area contributed by atoms with E-state index in [0.29, 0.717) is 5.92 Å². The standard InChI is InChI=1S/C30H34FN5/c1-18-15-30(32,16-18)21-11-9-19(10-12-21)27-23(22-7-5-6-8-24(22)31)13-20-17-33-26-14-25(29(2,3)4)35-36(26)28(20)34-27/h5-14,17-18,20,22,24,28H,15-16,32H2,1-4H3. The first-order valence-electron chi connectivity index (χ1n) is 13.0. The first kappa shape index (κ1) is 23.3. The molecule has 0 amide bonds. The van der Waals surface area contributed by atoms with Crippen molar-refractivity contribution in [2.75, 3.05) is 0 Å². The van der Waals surface area contributed by atoms with Crippen LogP contribution in [0.4, 0.5) is 10.2 Å². The van der Waals surface area contributed by atoms with Gasteiger partial charge in [0, 0.05) is 34.7 Å². The van der Waals surface area contributed by atoms with E-state index in [2.05, 4.69) is 58.0 Å². The number of hydrogen-bond acceptors (Lipinski definition) is 4. The Kier molecular flexibility index (Phi) is 5.31. The van der Waals surface area contributed by atoms with Gasteiger partial charge in [0.05, 0.1) is 17.3 Å². The van der Waals surface area contributed by atoms with Gasteiger partial charge in [-0.05, 0) is 36.0 Å². The van der Waals surface area contributed by atoms with Gasteiger partial charge in [-0.2, -0.15) is 5.10 Å². The molecule has 186 valence electrons. The lowest BCUT2D eigenvalue weighted by Crippen LogP contribution is -2.47. The minimum atomic E-state index is -1.10. The van der Waals surface area contributed by atoms with E-state index >= 15 is 4.39 Å². The van der Waals surface area contributed by atoms with Gasteiger partial charge in [0.1, 0.15) is 6.17 Å². The van der Waals surface area contributed by atoms with Gasteiger partial charge in [-0.3, -0.25) is 4.99 Å². The molecule has 2 aliphatic carbocycles. The lowest BCUT2D eigenvalue weighted by atomic mass is 9.66. The fourth-order valence-electron chi connectivity index (χ4n) is 5.95. The monoisotopic (exact) mass is 483 g/mol. The molecule has 4 atom stereocenters. The summed E-state index contributed by atoms with van der Waals surface area (Å²) in [5.41, 5.74) is 11.1. The van der Waals surface area contributed by atoms with Crippen molar-refractivity contribution in [3.8, 4) is 0 Å². The topological polar surface area (TPSA) is 68.6 Å². The van der Waals surface area contributed by atoms with Crippen molar-refractivity contribution < 1.29 is 4.39 Å². The van der Waals surface area contributed by atoms with Crippen molar-refractivity contribution in [1.29, 1.82) is 0 Å². The first-order valence-corrected chi connectivity index (χ1v) is 13.0. The molecule has 2 aromatic rings. The van der Waals surface area contributed by atoms with Gasteiger partial charge in [0.2, 0.25) is 0 Å². The number of nitrogens with two attached hydrogens (primary N) is 1. The van der Waals surface area contributed by atoms with Crippen molar-refractivity contribution in [2.24, 2.45) is 33.5 Å². The highest BCUT2D eigenvalue weighted by Crippen LogP contribution is 2.44. The second kappa shape index (κ2) is 8.20. The van der Waals surface area contributed by atoms with Crippen LogP contribution in [0.3, 0.4) is 0 Å². The number of alkyl halides is 1. The van der Waals surface area contributed by atoms with E-state index in [0.717, 1.165) is 46.8 Å². The number of benzene rings is 1. The molecule has 1 fully saturated rings.